The molecule has 0 spiro atoms. The fourth-order valence-electron chi connectivity index (χ4n) is 5.89. The summed E-state index contributed by atoms with van der Waals surface area (Å²) in [5, 5.41) is 0. The molecule has 238 valence electrons. The van der Waals surface area contributed by atoms with Crippen molar-refractivity contribution >= 4 is 22.3 Å². The fraction of sp³-hybridized carbons (Fsp3) is 0.0476. The van der Waals surface area contributed by atoms with Crippen LogP contribution in [0, 0.1) is 0 Å². The number of hydrogen-bond acceptors (Lipinski definition) is 0. The lowest BCUT2D eigenvalue weighted by molar-refractivity contribution is -0.0694. The van der Waals surface area contributed by atoms with Crippen LogP contribution >= 0.6 is 0 Å². The Hall–Kier alpha value is -5.62. The molecule has 0 unspecified atom stereocenters. The second-order valence-corrected chi connectivity index (χ2v) is 11.1. The van der Waals surface area contributed by atoms with Gasteiger partial charge >= 0.3 is 12.4 Å². The van der Waals surface area contributed by atoms with Gasteiger partial charge in [0, 0.05) is 11.1 Å². The lowest BCUT2D eigenvalue weighted by Gasteiger charge is -2.20. The van der Waals surface area contributed by atoms with Crippen LogP contribution in [0.1, 0.15) is 33.4 Å². The van der Waals surface area contributed by atoms with Crippen LogP contribution in [-0.4, -0.2) is 12.4 Å². The Bertz CT molecular complexity index is 1790. The minimum absolute atomic E-state index is 0.0248. The van der Waals surface area contributed by atoms with Gasteiger partial charge in [-0.15, -0.1) is 0 Å². The largest absolute Gasteiger partial charge is 0.417 e. The van der Waals surface area contributed by atoms with Gasteiger partial charge < -0.3 is 0 Å². The molecule has 0 nitrogen and oxygen atoms in total. The molecule has 6 heteroatoms. The molecule has 6 aromatic rings. The highest BCUT2D eigenvalue weighted by molar-refractivity contribution is 6.01. The first-order valence-electron chi connectivity index (χ1n) is 15.2. The molecule has 0 amide bonds. The van der Waals surface area contributed by atoms with Crippen molar-refractivity contribution in [3.05, 3.63) is 203 Å². The Labute approximate surface area is 275 Å². The zero-order valence-corrected chi connectivity index (χ0v) is 25.4. The Morgan fingerprint density at radius 3 is 0.708 bits per heavy atom. The first-order valence-corrected chi connectivity index (χ1v) is 15.2. The van der Waals surface area contributed by atoms with Gasteiger partial charge in [-0.2, -0.15) is 26.3 Å². The fourth-order valence-corrected chi connectivity index (χ4v) is 5.89. The molecule has 0 bridgehead atoms. The highest BCUT2D eigenvalue weighted by Crippen LogP contribution is 2.44. The van der Waals surface area contributed by atoms with Crippen molar-refractivity contribution in [2.75, 3.05) is 0 Å². The van der Waals surface area contributed by atoms with Crippen LogP contribution in [0.3, 0.4) is 0 Å². The molecule has 0 heterocycles. The molecular weight excluding hydrogens is 618 g/mol. The van der Waals surface area contributed by atoms with Crippen molar-refractivity contribution in [1.29, 1.82) is 0 Å². The minimum atomic E-state index is -4.68. The van der Waals surface area contributed by atoms with Crippen LogP contribution in [0.15, 0.2) is 170 Å². The first-order chi connectivity index (χ1) is 23.1. The third-order valence-electron chi connectivity index (χ3n) is 8.00. The summed E-state index contributed by atoms with van der Waals surface area (Å²) in [7, 11) is 0. The maximum Gasteiger partial charge on any atom is 0.417 e. The molecule has 0 aliphatic rings. The summed E-state index contributed by atoms with van der Waals surface area (Å²) in [4.78, 5) is 0. The summed E-state index contributed by atoms with van der Waals surface area (Å²) < 4.78 is 88.9. The van der Waals surface area contributed by atoms with Gasteiger partial charge in [-0.05, 0) is 44.5 Å². The second-order valence-electron chi connectivity index (χ2n) is 11.1. The molecule has 0 saturated heterocycles. The van der Waals surface area contributed by atoms with Crippen molar-refractivity contribution in [2.45, 2.75) is 12.4 Å². The van der Waals surface area contributed by atoms with Crippen molar-refractivity contribution < 1.29 is 26.3 Å². The summed E-state index contributed by atoms with van der Waals surface area (Å²) >= 11 is 0. The Morgan fingerprint density at radius 2 is 0.500 bits per heavy atom. The zero-order valence-electron chi connectivity index (χ0n) is 25.4. The molecule has 0 aliphatic heterocycles. The van der Waals surface area contributed by atoms with E-state index in [0.717, 1.165) is 0 Å². The van der Waals surface area contributed by atoms with Gasteiger partial charge in [0.05, 0.1) is 11.1 Å². The highest BCUT2D eigenvalue weighted by atomic mass is 19.4. The van der Waals surface area contributed by atoms with Crippen molar-refractivity contribution in [1.82, 2.24) is 0 Å². The van der Waals surface area contributed by atoms with Gasteiger partial charge in [-0.25, -0.2) is 0 Å². The van der Waals surface area contributed by atoms with Crippen LogP contribution < -0.4 is 0 Å². The van der Waals surface area contributed by atoms with Crippen molar-refractivity contribution in [3.8, 4) is 11.1 Å². The average Bonchev–Trinajstić information content (AvgIpc) is 3.10. The number of rotatable bonds is 7. The van der Waals surface area contributed by atoms with Crippen LogP contribution in [0.2, 0.25) is 0 Å². The minimum Gasteiger partial charge on any atom is -0.166 e. The van der Waals surface area contributed by atoms with E-state index in [9.17, 15) is 26.3 Å². The summed E-state index contributed by atoms with van der Waals surface area (Å²) in [5.74, 6) is 0. The van der Waals surface area contributed by atoms with Crippen LogP contribution in [0.25, 0.3) is 33.4 Å². The number of benzene rings is 6. The van der Waals surface area contributed by atoms with E-state index in [4.69, 9.17) is 0 Å². The molecule has 0 N–H and O–H groups in total. The third-order valence-corrected chi connectivity index (χ3v) is 8.00. The Morgan fingerprint density at radius 1 is 0.271 bits per heavy atom. The van der Waals surface area contributed by atoms with Crippen molar-refractivity contribution in [2.24, 2.45) is 0 Å². The van der Waals surface area contributed by atoms with Gasteiger partial charge in [-0.1, -0.05) is 170 Å². The standard InChI is InChI=1S/C42H28F6/c43-41(44,45)39(37(31-13-5-1-6-14-31)32-15-7-2-8-16-32)35-25-21-29(22-26-35)30-23-27-36(28-24-30)40(42(46,47)48)38(33-17-9-3-10-18-33)34-19-11-4-12-20-34/h1-28H. The van der Waals surface area contributed by atoms with E-state index in [0.29, 0.717) is 33.4 Å². The lowest BCUT2D eigenvalue weighted by atomic mass is 9.88. The van der Waals surface area contributed by atoms with Crippen LogP contribution in [0.5, 0.6) is 0 Å². The van der Waals surface area contributed by atoms with E-state index in [-0.39, 0.29) is 22.3 Å². The van der Waals surface area contributed by atoms with Gasteiger partial charge in [0.25, 0.3) is 0 Å². The van der Waals surface area contributed by atoms with E-state index >= 15 is 0 Å². The predicted molar refractivity (Wildman–Crippen MR) is 182 cm³/mol. The molecule has 0 aromatic heterocycles. The van der Waals surface area contributed by atoms with E-state index in [2.05, 4.69) is 0 Å². The topological polar surface area (TPSA) is 0 Å². The SMILES string of the molecule is FC(F)(F)C(=C(c1ccccc1)c1ccccc1)c1ccc(-c2ccc(C(=C(c3ccccc3)c3ccccc3)C(F)(F)F)cc2)cc1. The number of hydrogen-bond donors (Lipinski definition) is 0. The van der Waals surface area contributed by atoms with E-state index in [1.807, 2.05) is 0 Å². The zero-order chi connectivity index (χ0) is 33.7. The van der Waals surface area contributed by atoms with Gasteiger partial charge in [-0.3, -0.25) is 0 Å². The molecule has 6 aromatic carbocycles. The van der Waals surface area contributed by atoms with E-state index in [1.54, 1.807) is 146 Å². The lowest BCUT2D eigenvalue weighted by Crippen LogP contribution is -2.14. The van der Waals surface area contributed by atoms with Gasteiger partial charge in [0.15, 0.2) is 0 Å². The monoisotopic (exact) mass is 646 g/mol. The van der Waals surface area contributed by atoms with E-state index < -0.39 is 23.5 Å². The summed E-state index contributed by atoms with van der Waals surface area (Å²) in [6.45, 7) is 0. The summed E-state index contributed by atoms with van der Waals surface area (Å²) in [5.41, 5.74) is 1.33. The first kappa shape index (κ1) is 32.3. The van der Waals surface area contributed by atoms with Crippen LogP contribution in [0.4, 0.5) is 26.3 Å². The summed E-state index contributed by atoms with van der Waals surface area (Å²) in [6.07, 6.45) is -9.36. The van der Waals surface area contributed by atoms with Gasteiger partial charge in [0.1, 0.15) is 0 Å². The normalized spacial score (nSPS) is 11.5. The number of alkyl halides is 6. The number of halogens is 6. The molecule has 0 fully saturated rings. The molecule has 0 aliphatic carbocycles. The van der Waals surface area contributed by atoms with Crippen LogP contribution in [-0.2, 0) is 0 Å². The second kappa shape index (κ2) is 13.6. The van der Waals surface area contributed by atoms with Gasteiger partial charge in [0.2, 0.25) is 0 Å². The predicted octanol–water partition coefficient (Wildman–Crippen LogP) is 12.4. The average molecular weight is 647 g/mol. The quantitative estimate of drug-likeness (QED) is 0.120. The molecule has 0 atom stereocenters. The Balaban J connectivity index is 1.43. The molecule has 48 heavy (non-hydrogen) atoms. The maximum absolute atomic E-state index is 14.8. The van der Waals surface area contributed by atoms with Crippen molar-refractivity contribution in [3.63, 3.8) is 0 Å². The Kier molecular flexibility index (Phi) is 9.17. The smallest absolute Gasteiger partial charge is 0.166 e. The molecule has 0 saturated carbocycles. The molecule has 0 radical (unpaired) electrons. The summed E-state index contributed by atoms with van der Waals surface area (Å²) in [6, 6.07) is 45.6. The maximum atomic E-state index is 14.8. The highest BCUT2D eigenvalue weighted by Gasteiger charge is 2.39. The molecule has 6 rings (SSSR count). The van der Waals surface area contributed by atoms with E-state index in [1.165, 1.54) is 24.3 Å². The number of allylic oxidation sites excluding steroid dienone is 2. The third kappa shape index (κ3) is 7.03. The molecular formula is C42H28F6.